The molecule has 0 radical (unpaired) electrons. The minimum Gasteiger partial charge on any atom is -0.207 e. The molecule has 0 unspecified atom stereocenters. The van der Waals surface area contributed by atoms with Crippen molar-refractivity contribution in [1.29, 1.82) is 0 Å². The predicted molar refractivity (Wildman–Crippen MR) is 59.6 cm³/mol. The van der Waals surface area contributed by atoms with E-state index in [1.165, 1.54) is 0 Å². The average Bonchev–Trinajstić information content (AvgIpc) is 1.78. The Labute approximate surface area is 98.0 Å². The molecular formula is C7H5Br2ClO2S. The molecule has 0 aliphatic heterocycles. The Hall–Kier alpha value is 0.420. The largest absolute Gasteiger partial charge is 0.262 e. The summed E-state index contributed by atoms with van der Waals surface area (Å²) in [7, 11) is 1.57. The summed E-state index contributed by atoms with van der Waals surface area (Å²) in [6.45, 7) is 1.69. The third-order valence-corrected chi connectivity index (χ3v) is 4.28. The fourth-order valence-corrected chi connectivity index (χ4v) is 4.71. The second-order valence-electron chi connectivity index (χ2n) is 2.47. The molecule has 1 aromatic carbocycles. The minimum absolute atomic E-state index is 0.123. The minimum atomic E-state index is -3.68. The van der Waals surface area contributed by atoms with Gasteiger partial charge in [0.05, 0.1) is 4.90 Å². The van der Waals surface area contributed by atoms with E-state index < -0.39 is 9.05 Å². The van der Waals surface area contributed by atoms with Gasteiger partial charge in [-0.2, -0.15) is 0 Å². The number of hydrogen-bond acceptors (Lipinski definition) is 2. The Balaban J connectivity index is 3.57. The Morgan fingerprint density at radius 1 is 1.31 bits per heavy atom. The molecular weight excluding hydrogens is 343 g/mol. The van der Waals surface area contributed by atoms with Crippen molar-refractivity contribution in [1.82, 2.24) is 0 Å². The molecule has 0 aliphatic carbocycles. The van der Waals surface area contributed by atoms with Crippen LogP contribution in [0, 0.1) is 6.92 Å². The standard InChI is InChI=1S/C7H5Br2ClO2S/c1-4-2-5(8)3-6(9)7(4)13(10,11)12/h2-3H,1H3. The van der Waals surface area contributed by atoms with Crippen LogP contribution in [0.2, 0.25) is 0 Å². The highest BCUT2D eigenvalue weighted by atomic mass is 79.9. The Morgan fingerprint density at radius 3 is 2.23 bits per heavy atom. The van der Waals surface area contributed by atoms with Gasteiger partial charge in [-0.3, -0.25) is 0 Å². The van der Waals surface area contributed by atoms with Crippen LogP contribution in [-0.2, 0) is 9.05 Å². The van der Waals surface area contributed by atoms with Crippen molar-refractivity contribution >= 4 is 51.6 Å². The molecule has 0 saturated heterocycles. The number of aryl methyl sites for hydroxylation is 1. The summed E-state index contributed by atoms with van der Waals surface area (Å²) in [4.78, 5) is 0.123. The lowest BCUT2D eigenvalue weighted by Crippen LogP contribution is -1.95. The summed E-state index contributed by atoms with van der Waals surface area (Å²) in [6, 6.07) is 3.34. The second-order valence-corrected chi connectivity index (χ2v) is 6.74. The van der Waals surface area contributed by atoms with Crippen LogP contribution < -0.4 is 0 Å². The first-order valence-electron chi connectivity index (χ1n) is 3.22. The van der Waals surface area contributed by atoms with Crippen molar-refractivity contribution < 1.29 is 8.42 Å². The lowest BCUT2D eigenvalue weighted by molar-refractivity contribution is 0.608. The summed E-state index contributed by atoms with van der Waals surface area (Å²) in [5, 5.41) is 0. The molecule has 1 aromatic rings. The lowest BCUT2D eigenvalue weighted by atomic mass is 10.2. The zero-order valence-corrected chi connectivity index (χ0v) is 11.3. The number of hydrogen-bond donors (Lipinski definition) is 0. The first-order chi connectivity index (χ1) is 5.82. The van der Waals surface area contributed by atoms with Gasteiger partial charge in [0.15, 0.2) is 0 Å². The quantitative estimate of drug-likeness (QED) is 0.729. The van der Waals surface area contributed by atoms with Crippen molar-refractivity contribution in [3.8, 4) is 0 Å². The van der Waals surface area contributed by atoms with Gasteiger partial charge in [-0.05, 0) is 40.5 Å². The summed E-state index contributed by atoms with van der Waals surface area (Å²) in [6.07, 6.45) is 0. The third kappa shape index (κ3) is 2.68. The summed E-state index contributed by atoms with van der Waals surface area (Å²) < 4.78 is 23.5. The molecule has 13 heavy (non-hydrogen) atoms. The topological polar surface area (TPSA) is 34.1 Å². The molecule has 0 fully saturated rings. The van der Waals surface area contributed by atoms with Crippen molar-refractivity contribution in [2.45, 2.75) is 11.8 Å². The van der Waals surface area contributed by atoms with Gasteiger partial charge in [0.2, 0.25) is 0 Å². The predicted octanol–water partition coefficient (Wildman–Crippen LogP) is 3.45. The number of rotatable bonds is 1. The molecule has 0 aromatic heterocycles. The molecule has 2 nitrogen and oxygen atoms in total. The van der Waals surface area contributed by atoms with Crippen LogP contribution in [-0.4, -0.2) is 8.42 Å². The molecule has 0 atom stereocenters. The smallest absolute Gasteiger partial charge is 0.207 e. The number of benzene rings is 1. The number of halogens is 3. The van der Waals surface area contributed by atoms with Crippen LogP contribution in [0.1, 0.15) is 5.56 Å². The van der Waals surface area contributed by atoms with E-state index in [-0.39, 0.29) is 4.90 Å². The molecule has 0 heterocycles. The maximum atomic E-state index is 11.1. The van der Waals surface area contributed by atoms with Crippen LogP contribution in [0.15, 0.2) is 26.0 Å². The van der Waals surface area contributed by atoms with Gasteiger partial charge in [-0.15, -0.1) is 0 Å². The lowest BCUT2D eigenvalue weighted by Gasteiger charge is -2.05. The highest BCUT2D eigenvalue weighted by molar-refractivity contribution is 9.11. The first-order valence-corrected chi connectivity index (χ1v) is 7.12. The van der Waals surface area contributed by atoms with E-state index in [2.05, 4.69) is 31.9 Å². The van der Waals surface area contributed by atoms with Crippen LogP contribution in [0.3, 0.4) is 0 Å². The molecule has 1 rings (SSSR count). The van der Waals surface area contributed by atoms with Crippen molar-refractivity contribution in [3.05, 3.63) is 26.6 Å². The summed E-state index contributed by atoms with van der Waals surface area (Å²) in [5.74, 6) is 0. The Morgan fingerprint density at radius 2 is 1.85 bits per heavy atom. The van der Waals surface area contributed by atoms with Gasteiger partial charge >= 0.3 is 0 Å². The van der Waals surface area contributed by atoms with Crippen LogP contribution >= 0.6 is 42.5 Å². The monoisotopic (exact) mass is 346 g/mol. The zero-order valence-electron chi connectivity index (χ0n) is 6.51. The third-order valence-electron chi connectivity index (χ3n) is 1.44. The second kappa shape index (κ2) is 3.88. The van der Waals surface area contributed by atoms with E-state index in [1.807, 2.05) is 0 Å². The maximum Gasteiger partial charge on any atom is 0.262 e. The maximum absolute atomic E-state index is 11.1. The van der Waals surface area contributed by atoms with Crippen molar-refractivity contribution in [2.24, 2.45) is 0 Å². The van der Waals surface area contributed by atoms with Gasteiger partial charge in [-0.25, -0.2) is 8.42 Å². The zero-order chi connectivity index (χ0) is 10.2. The van der Waals surface area contributed by atoms with Gasteiger partial charge in [0.1, 0.15) is 0 Å². The molecule has 6 heteroatoms. The van der Waals surface area contributed by atoms with E-state index in [9.17, 15) is 8.42 Å². The fraction of sp³-hybridized carbons (Fsp3) is 0.143. The summed E-state index contributed by atoms with van der Waals surface area (Å²) >= 11 is 6.39. The molecule has 0 aliphatic rings. The van der Waals surface area contributed by atoms with Crippen LogP contribution in [0.25, 0.3) is 0 Å². The summed E-state index contributed by atoms with van der Waals surface area (Å²) in [5.41, 5.74) is 0.608. The van der Waals surface area contributed by atoms with E-state index in [0.717, 1.165) is 4.47 Å². The van der Waals surface area contributed by atoms with E-state index >= 15 is 0 Å². The molecule has 0 bridgehead atoms. The van der Waals surface area contributed by atoms with Crippen LogP contribution in [0.5, 0.6) is 0 Å². The van der Waals surface area contributed by atoms with Gasteiger partial charge in [-0.1, -0.05) is 15.9 Å². The fourth-order valence-electron chi connectivity index (χ4n) is 0.998. The van der Waals surface area contributed by atoms with E-state index in [1.54, 1.807) is 19.1 Å². The molecule has 0 N–H and O–H groups in total. The van der Waals surface area contributed by atoms with E-state index in [4.69, 9.17) is 10.7 Å². The molecule has 72 valence electrons. The van der Waals surface area contributed by atoms with Crippen molar-refractivity contribution in [2.75, 3.05) is 0 Å². The highest BCUT2D eigenvalue weighted by Gasteiger charge is 2.17. The van der Waals surface area contributed by atoms with Crippen molar-refractivity contribution in [3.63, 3.8) is 0 Å². The first kappa shape index (κ1) is 11.5. The molecule has 0 saturated carbocycles. The van der Waals surface area contributed by atoms with Gasteiger partial charge in [0.25, 0.3) is 9.05 Å². The SMILES string of the molecule is Cc1cc(Br)cc(Br)c1S(=O)(=O)Cl. The average molecular weight is 348 g/mol. The Kier molecular flexibility index (Phi) is 3.43. The van der Waals surface area contributed by atoms with Gasteiger partial charge < -0.3 is 0 Å². The normalized spacial score (nSPS) is 11.7. The molecule has 0 amide bonds. The highest BCUT2D eigenvalue weighted by Crippen LogP contribution is 2.31. The van der Waals surface area contributed by atoms with Crippen LogP contribution in [0.4, 0.5) is 0 Å². The molecule has 0 spiro atoms. The van der Waals surface area contributed by atoms with E-state index in [0.29, 0.717) is 10.0 Å². The van der Waals surface area contributed by atoms with Gasteiger partial charge in [0, 0.05) is 19.6 Å². The Bertz CT molecular complexity index is 419.